The first-order chi connectivity index (χ1) is 13.2. The summed E-state index contributed by atoms with van der Waals surface area (Å²) in [4.78, 5) is 4.22. The molecule has 0 spiro atoms. The molecular weight excluding hydrogens is 344 g/mol. The first kappa shape index (κ1) is 18.5. The smallest absolute Gasteiger partial charge is 0.212 e. The van der Waals surface area contributed by atoms with E-state index in [0.29, 0.717) is 23.1 Å². The van der Waals surface area contributed by atoms with Crippen molar-refractivity contribution in [1.29, 1.82) is 0 Å². The van der Waals surface area contributed by atoms with Crippen LogP contribution in [0.15, 0.2) is 59.7 Å². The van der Waals surface area contributed by atoms with Crippen LogP contribution in [-0.2, 0) is 0 Å². The Morgan fingerprint density at radius 2 is 2.00 bits per heavy atom. The lowest BCUT2D eigenvalue weighted by atomic mass is 10.1. The van der Waals surface area contributed by atoms with E-state index in [1.165, 1.54) is 0 Å². The number of benzene rings is 1. The summed E-state index contributed by atoms with van der Waals surface area (Å²) >= 11 is 0. The van der Waals surface area contributed by atoms with Gasteiger partial charge in [0, 0.05) is 42.1 Å². The average molecular weight is 366 g/mol. The third-order valence-corrected chi connectivity index (χ3v) is 4.07. The number of hydrogen-bond acceptors (Lipinski definition) is 6. The highest BCUT2D eigenvalue weighted by Crippen LogP contribution is 2.36. The Labute approximate surface area is 158 Å². The maximum atomic E-state index is 8.83. The summed E-state index contributed by atoms with van der Waals surface area (Å²) < 4.78 is 16.6. The van der Waals surface area contributed by atoms with Gasteiger partial charge in [0.1, 0.15) is 18.1 Å². The number of aliphatic hydroxyl groups is 1. The highest BCUT2D eigenvalue weighted by molar-refractivity contribution is 5.84. The van der Waals surface area contributed by atoms with Gasteiger partial charge in [0.15, 0.2) is 5.76 Å². The molecule has 0 saturated heterocycles. The van der Waals surface area contributed by atoms with Gasteiger partial charge in [-0.3, -0.25) is 0 Å². The Bertz CT molecular complexity index is 899. The van der Waals surface area contributed by atoms with Crippen LogP contribution < -0.4 is 14.8 Å². The van der Waals surface area contributed by atoms with Gasteiger partial charge < -0.3 is 24.3 Å². The molecule has 6 heteroatoms. The summed E-state index contributed by atoms with van der Waals surface area (Å²) in [5.74, 6) is 2.61. The van der Waals surface area contributed by atoms with Crippen molar-refractivity contribution in [2.45, 2.75) is 0 Å². The lowest BCUT2D eigenvalue weighted by Crippen LogP contribution is -2.01. The Hall–Kier alpha value is -3.25. The summed E-state index contributed by atoms with van der Waals surface area (Å²) in [6.45, 7) is 4.41. The molecule has 27 heavy (non-hydrogen) atoms. The molecule has 140 valence electrons. The second kappa shape index (κ2) is 8.42. The van der Waals surface area contributed by atoms with E-state index >= 15 is 0 Å². The van der Waals surface area contributed by atoms with Crippen LogP contribution in [0.2, 0.25) is 0 Å². The number of anilines is 1. The molecule has 0 amide bonds. The van der Waals surface area contributed by atoms with Crippen LogP contribution in [0.5, 0.6) is 11.6 Å². The van der Waals surface area contributed by atoms with Gasteiger partial charge in [0.2, 0.25) is 5.88 Å². The molecule has 2 N–H and O–H groups in total. The molecule has 6 nitrogen and oxygen atoms in total. The van der Waals surface area contributed by atoms with Gasteiger partial charge in [0.25, 0.3) is 0 Å². The van der Waals surface area contributed by atoms with Crippen molar-refractivity contribution in [3.63, 3.8) is 0 Å². The monoisotopic (exact) mass is 366 g/mol. The van der Waals surface area contributed by atoms with Crippen molar-refractivity contribution in [2.75, 3.05) is 32.7 Å². The molecule has 2 aromatic heterocycles. The second-order valence-corrected chi connectivity index (χ2v) is 5.77. The zero-order valence-corrected chi connectivity index (χ0v) is 15.4. The minimum atomic E-state index is -0.0167. The SMILES string of the molecule is C=C(c1ccc(OC)nc1)c1oc(-c2ccc(OCCO)cc2)cc1NC. The number of nitrogens with one attached hydrogen (secondary N) is 1. The first-order valence-electron chi connectivity index (χ1n) is 8.51. The fraction of sp³-hybridized carbons (Fsp3) is 0.190. The van der Waals surface area contributed by atoms with Crippen LogP contribution in [0.3, 0.4) is 0 Å². The summed E-state index contributed by atoms with van der Waals surface area (Å²) in [6.07, 6.45) is 1.70. The van der Waals surface area contributed by atoms with Gasteiger partial charge >= 0.3 is 0 Å². The summed E-state index contributed by atoms with van der Waals surface area (Å²) in [7, 11) is 3.42. The average Bonchev–Trinajstić information content (AvgIpc) is 3.16. The van der Waals surface area contributed by atoms with E-state index in [2.05, 4.69) is 16.9 Å². The van der Waals surface area contributed by atoms with Crippen LogP contribution in [0.1, 0.15) is 11.3 Å². The van der Waals surface area contributed by atoms with Gasteiger partial charge in [-0.05, 0) is 30.3 Å². The molecule has 0 unspecified atom stereocenters. The van der Waals surface area contributed by atoms with E-state index in [1.54, 1.807) is 19.4 Å². The van der Waals surface area contributed by atoms with Crippen molar-refractivity contribution in [2.24, 2.45) is 0 Å². The highest BCUT2D eigenvalue weighted by atomic mass is 16.5. The predicted octanol–water partition coefficient (Wildman–Crippen LogP) is 3.82. The lowest BCUT2D eigenvalue weighted by Gasteiger charge is -2.06. The molecule has 1 aromatic carbocycles. The van der Waals surface area contributed by atoms with Crippen LogP contribution in [0.4, 0.5) is 5.69 Å². The van der Waals surface area contributed by atoms with E-state index in [-0.39, 0.29) is 13.2 Å². The molecule has 0 bridgehead atoms. The minimum absolute atomic E-state index is 0.0167. The third kappa shape index (κ3) is 4.12. The number of ether oxygens (including phenoxy) is 2. The molecule has 0 saturated carbocycles. The van der Waals surface area contributed by atoms with Crippen LogP contribution in [0.25, 0.3) is 16.9 Å². The van der Waals surface area contributed by atoms with E-state index in [1.807, 2.05) is 43.4 Å². The standard InChI is InChI=1S/C21H22N2O4/c1-14(16-6-9-20(25-3)23-13-16)21-18(22-2)12-19(27-21)15-4-7-17(8-5-15)26-11-10-24/h4-9,12-13,22,24H,1,10-11H2,2-3H3. The Morgan fingerprint density at radius 1 is 1.22 bits per heavy atom. The first-order valence-corrected chi connectivity index (χ1v) is 8.51. The van der Waals surface area contributed by atoms with Crippen LogP contribution in [0, 0.1) is 0 Å². The summed E-state index contributed by atoms with van der Waals surface area (Å²) in [6, 6.07) is 13.1. The minimum Gasteiger partial charge on any atom is -0.491 e. The fourth-order valence-electron chi connectivity index (χ4n) is 2.63. The van der Waals surface area contributed by atoms with E-state index in [0.717, 1.165) is 22.4 Å². The number of pyridine rings is 1. The number of aromatic nitrogens is 1. The zero-order chi connectivity index (χ0) is 19.2. The van der Waals surface area contributed by atoms with Gasteiger partial charge in [-0.2, -0.15) is 0 Å². The van der Waals surface area contributed by atoms with Crippen molar-refractivity contribution < 1.29 is 19.0 Å². The fourth-order valence-corrected chi connectivity index (χ4v) is 2.63. The quantitative estimate of drug-likeness (QED) is 0.631. The molecule has 0 atom stereocenters. The molecule has 0 fully saturated rings. The maximum absolute atomic E-state index is 8.83. The van der Waals surface area contributed by atoms with Gasteiger partial charge in [-0.1, -0.05) is 6.58 Å². The predicted molar refractivity (Wildman–Crippen MR) is 105 cm³/mol. The number of nitrogens with zero attached hydrogens (tertiary/aromatic N) is 1. The molecular formula is C21H22N2O4. The number of hydrogen-bond donors (Lipinski definition) is 2. The molecule has 0 aliphatic heterocycles. The van der Waals surface area contributed by atoms with Crippen LogP contribution in [-0.4, -0.2) is 37.5 Å². The second-order valence-electron chi connectivity index (χ2n) is 5.77. The van der Waals surface area contributed by atoms with Crippen molar-refractivity contribution in [1.82, 2.24) is 4.98 Å². The van der Waals surface area contributed by atoms with E-state index in [9.17, 15) is 0 Å². The lowest BCUT2D eigenvalue weighted by molar-refractivity contribution is 0.201. The normalized spacial score (nSPS) is 10.5. The Morgan fingerprint density at radius 3 is 2.59 bits per heavy atom. The van der Waals surface area contributed by atoms with E-state index in [4.69, 9.17) is 19.0 Å². The topological polar surface area (TPSA) is 76.8 Å². The van der Waals surface area contributed by atoms with E-state index < -0.39 is 0 Å². The number of aliphatic hydroxyl groups excluding tert-OH is 1. The number of rotatable bonds is 8. The van der Waals surface area contributed by atoms with Crippen molar-refractivity contribution in [3.05, 3.63) is 66.6 Å². The molecule has 0 aliphatic rings. The Kier molecular flexibility index (Phi) is 5.78. The maximum Gasteiger partial charge on any atom is 0.212 e. The molecule has 3 rings (SSSR count). The molecule has 0 aliphatic carbocycles. The van der Waals surface area contributed by atoms with Gasteiger partial charge in [0.05, 0.1) is 19.4 Å². The molecule has 0 radical (unpaired) electrons. The van der Waals surface area contributed by atoms with Crippen molar-refractivity contribution in [3.8, 4) is 23.0 Å². The molecule has 2 heterocycles. The Balaban J connectivity index is 1.87. The number of furan rings is 1. The highest BCUT2D eigenvalue weighted by Gasteiger charge is 2.16. The largest absolute Gasteiger partial charge is 0.491 e. The summed E-state index contributed by atoms with van der Waals surface area (Å²) in [5, 5.41) is 12.0. The van der Waals surface area contributed by atoms with Crippen LogP contribution >= 0.6 is 0 Å². The molecule has 3 aromatic rings. The number of methoxy groups -OCH3 is 1. The summed E-state index contributed by atoms with van der Waals surface area (Å²) in [5.41, 5.74) is 3.32. The third-order valence-electron chi connectivity index (χ3n) is 4.07. The van der Waals surface area contributed by atoms with Crippen molar-refractivity contribution >= 4 is 11.3 Å². The zero-order valence-electron chi connectivity index (χ0n) is 15.4. The van der Waals surface area contributed by atoms with Gasteiger partial charge in [-0.15, -0.1) is 0 Å². The van der Waals surface area contributed by atoms with Gasteiger partial charge in [-0.25, -0.2) is 4.98 Å².